The number of hydrogen-bond acceptors (Lipinski definition) is 5. The van der Waals surface area contributed by atoms with Crippen LogP contribution in [0.5, 0.6) is 5.88 Å². The number of pyridine rings is 1. The van der Waals surface area contributed by atoms with Crippen LogP contribution in [-0.2, 0) is 4.74 Å². The maximum Gasteiger partial charge on any atom is 0.259 e. The van der Waals surface area contributed by atoms with Crippen LogP contribution in [0.1, 0.15) is 29.6 Å². The maximum atomic E-state index is 12.7. The standard InChI is InChI=1S/C17H25N3O3/c1-22-16-15(6-2-7-18-16)17(21)20-9-4-8-19(10-11-20)13-14-5-3-12-23-14/h2,6-7,14H,3-5,8-13H2,1H3/t14-/m1/s1. The fourth-order valence-electron chi connectivity index (χ4n) is 3.32. The number of methoxy groups -OCH3 is 1. The molecule has 0 radical (unpaired) electrons. The summed E-state index contributed by atoms with van der Waals surface area (Å²) in [5.41, 5.74) is 0.544. The lowest BCUT2D eigenvalue weighted by Crippen LogP contribution is -2.37. The van der Waals surface area contributed by atoms with E-state index in [1.54, 1.807) is 25.4 Å². The van der Waals surface area contributed by atoms with E-state index in [9.17, 15) is 4.79 Å². The third-order valence-electron chi connectivity index (χ3n) is 4.56. The predicted octanol–water partition coefficient (Wildman–Crippen LogP) is 1.42. The first-order chi connectivity index (χ1) is 11.3. The molecule has 1 aromatic rings. The molecule has 2 saturated heterocycles. The summed E-state index contributed by atoms with van der Waals surface area (Å²) in [6, 6.07) is 3.56. The Hall–Kier alpha value is -1.66. The van der Waals surface area contributed by atoms with Crippen molar-refractivity contribution in [2.75, 3.05) is 46.4 Å². The molecule has 0 N–H and O–H groups in total. The van der Waals surface area contributed by atoms with Crippen LogP contribution in [0.15, 0.2) is 18.3 Å². The number of amides is 1. The number of ether oxygens (including phenoxy) is 2. The average molecular weight is 319 g/mol. The van der Waals surface area contributed by atoms with Gasteiger partial charge in [0.25, 0.3) is 5.91 Å². The van der Waals surface area contributed by atoms with Gasteiger partial charge in [0.1, 0.15) is 5.56 Å². The third-order valence-corrected chi connectivity index (χ3v) is 4.56. The minimum absolute atomic E-state index is 0.00826. The first-order valence-electron chi connectivity index (χ1n) is 8.40. The zero-order valence-electron chi connectivity index (χ0n) is 13.7. The van der Waals surface area contributed by atoms with E-state index >= 15 is 0 Å². The highest BCUT2D eigenvalue weighted by atomic mass is 16.5. The van der Waals surface area contributed by atoms with Gasteiger partial charge in [-0.1, -0.05) is 0 Å². The Morgan fingerprint density at radius 1 is 1.35 bits per heavy atom. The summed E-state index contributed by atoms with van der Waals surface area (Å²) in [5.74, 6) is 0.409. The van der Waals surface area contributed by atoms with Crippen molar-refractivity contribution in [3.05, 3.63) is 23.9 Å². The largest absolute Gasteiger partial charge is 0.480 e. The Morgan fingerprint density at radius 2 is 2.26 bits per heavy atom. The van der Waals surface area contributed by atoms with Crippen molar-refractivity contribution in [2.24, 2.45) is 0 Å². The van der Waals surface area contributed by atoms with E-state index in [2.05, 4.69) is 9.88 Å². The van der Waals surface area contributed by atoms with Crippen LogP contribution in [0.4, 0.5) is 0 Å². The second-order valence-corrected chi connectivity index (χ2v) is 6.14. The van der Waals surface area contributed by atoms with E-state index in [0.717, 1.165) is 52.2 Å². The van der Waals surface area contributed by atoms with E-state index in [0.29, 0.717) is 17.5 Å². The zero-order valence-corrected chi connectivity index (χ0v) is 13.7. The van der Waals surface area contributed by atoms with Gasteiger partial charge in [-0.15, -0.1) is 0 Å². The normalized spacial score (nSPS) is 22.8. The summed E-state index contributed by atoms with van der Waals surface area (Å²) < 4.78 is 10.9. The molecule has 1 atom stereocenters. The molecule has 3 rings (SSSR count). The van der Waals surface area contributed by atoms with Gasteiger partial charge < -0.3 is 14.4 Å². The highest BCUT2D eigenvalue weighted by Crippen LogP contribution is 2.18. The Kier molecular flexibility index (Phi) is 5.46. The molecule has 2 aliphatic rings. The molecule has 1 amide bonds. The smallest absolute Gasteiger partial charge is 0.259 e. The molecule has 126 valence electrons. The average Bonchev–Trinajstić information content (AvgIpc) is 2.98. The van der Waals surface area contributed by atoms with Gasteiger partial charge in [0.15, 0.2) is 0 Å². The highest BCUT2D eigenvalue weighted by molar-refractivity contribution is 5.96. The number of hydrogen-bond donors (Lipinski definition) is 0. The van der Waals surface area contributed by atoms with Crippen molar-refractivity contribution >= 4 is 5.91 Å². The van der Waals surface area contributed by atoms with E-state index in [-0.39, 0.29) is 5.91 Å². The maximum absolute atomic E-state index is 12.7. The van der Waals surface area contributed by atoms with Crippen LogP contribution in [-0.4, -0.2) is 73.2 Å². The third kappa shape index (κ3) is 4.00. The quantitative estimate of drug-likeness (QED) is 0.840. The van der Waals surface area contributed by atoms with Crippen molar-refractivity contribution in [1.29, 1.82) is 0 Å². The van der Waals surface area contributed by atoms with Gasteiger partial charge in [-0.2, -0.15) is 0 Å². The Bertz CT molecular complexity index is 532. The summed E-state index contributed by atoms with van der Waals surface area (Å²) in [4.78, 5) is 21.2. The van der Waals surface area contributed by atoms with E-state index in [1.807, 2.05) is 4.90 Å². The molecule has 23 heavy (non-hydrogen) atoms. The van der Waals surface area contributed by atoms with Crippen molar-refractivity contribution in [2.45, 2.75) is 25.4 Å². The lowest BCUT2D eigenvalue weighted by molar-refractivity contribution is 0.0702. The molecule has 0 unspecified atom stereocenters. The van der Waals surface area contributed by atoms with Gasteiger partial charge in [0, 0.05) is 39.0 Å². The molecule has 0 aromatic carbocycles. The lowest BCUT2D eigenvalue weighted by Gasteiger charge is -2.24. The first-order valence-corrected chi connectivity index (χ1v) is 8.40. The van der Waals surface area contributed by atoms with Gasteiger partial charge in [-0.05, 0) is 37.9 Å². The predicted molar refractivity (Wildman–Crippen MR) is 86.7 cm³/mol. The molecule has 6 nitrogen and oxygen atoms in total. The zero-order chi connectivity index (χ0) is 16.1. The minimum Gasteiger partial charge on any atom is -0.480 e. The van der Waals surface area contributed by atoms with Crippen LogP contribution >= 0.6 is 0 Å². The molecule has 1 aromatic heterocycles. The summed E-state index contributed by atoms with van der Waals surface area (Å²) >= 11 is 0. The molecule has 0 saturated carbocycles. The Balaban J connectivity index is 1.59. The highest BCUT2D eigenvalue weighted by Gasteiger charge is 2.25. The molecule has 6 heteroatoms. The minimum atomic E-state index is 0.00826. The van der Waals surface area contributed by atoms with Gasteiger partial charge in [0.05, 0.1) is 13.2 Å². The molecule has 0 bridgehead atoms. The molecule has 2 aliphatic heterocycles. The Morgan fingerprint density at radius 3 is 3.04 bits per heavy atom. The lowest BCUT2D eigenvalue weighted by atomic mass is 10.2. The van der Waals surface area contributed by atoms with Crippen LogP contribution in [0.2, 0.25) is 0 Å². The number of carbonyl (C=O) groups is 1. The number of aromatic nitrogens is 1. The summed E-state index contributed by atoms with van der Waals surface area (Å²) in [5, 5.41) is 0. The molecule has 2 fully saturated rings. The van der Waals surface area contributed by atoms with E-state index in [4.69, 9.17) is 9.47 Å². The molecular formula is C17H25N3O3. The topological polar surface area (TPSA) is 54.9 Å². The number of rotatable bonds is 4. The molecule has 0 spiro atoms. The summed E-state index contributed by atoms with van der Waals surface area (Å²) in [6.07, 6.45) is 5.33. The second-order valence-electron chi connectivity index (χ2n) is 6.14. The SMILES string of the molecule is COc1ncccc1C(=O)N1CCCN(C[C@H]2CCCO2)CC1. The summed E-state index contributed by atoms with van der Waals surface area (Å²) in [6.45, 7) is 5.31. The van der Waals surface area contributed by atoms with Crippen molar-refractivity contribution in [3.63, 3.8) is 0 Å². The monoisotopic (exact) mass is 319 g/mol. The number of nitrogens with zero attached hydrogens (tertiary/aromatic N) is 3. The van der Waals surface area contributed by atoms with Crippen molar-refractivity contribution in [3.8, 4) is 5.88 Å². The first kappa shape index (κ1) is 16.2. The molecule has 0 aliphatic carbocycles. The second kappa shape index (κ2) is 7.75. The van der Waals surface area contributed by atoms with Crippen LogP contribution in [0, 0.1) is 0 Å². The van der Waals surface area contributed by atoms with Gasteiger partial charge in [-0.25, -0.2) is 4.98 Å². The van der Waals surface area contributed by atoms with Crippen LogP contribution < -0.4 is 4.74 Å². The van der Waals surface area contributed by atoms with Crippen LogP contribution in [0.25, 0.3) is 0 Å². The van der Waals surface area contributed by atoms with Gasteiger partial charge in [0.2, 0.25) is 5.88 Å². The Labute approximate surface area is 137 Å². The fraction of sp³-hybridized carbons (Fsp3) is 0.647. The van der Waals surface area contributed by atoms with Crippen molar-refractivity contribution < 1.29 is 14.3 Å². The van der Waals surface area contributed by atoms with Gasteiger partial charge >= 0.3 is 0 Å². The van der Waals surface area contributed by atoms with Crippen molar-refractivity contribution in [1.82, 2.24) is 14.8 Å². The number of carbonyl (C=O) groups excluding carboxylic acids is 1. The fourth-order valence-corrected chi connectivity index (χ4v) is 3.32. The molecular weight excluding hydrogens is 294 g/mol. The molecule has 3 heterocycles. The van der Waals surface area contributed by atoms with E-state index < -0.39 is 0 Å². The summed E-state index contributed by atoms with van der Waals surface area (Å²) in [7, 11) is 1.55. The van der Waals surface area contributed by atoms with Gasteiger partial charge in [-0.3, -0.25) is 9.69 Å². The van der Waals surface area contributed by atoms with E-state index in [1.165, 1.54) is 6.42 Å². The van der Waals surface area contributed by atoms with Crippen LogP contribution in [0.3, 0.4) is 0 Å².